The second-order valence-corrected chi connectivity index (χ2v) is 5.03. The maximum absolute atomic E-state index is 11.9. The smallest absolute Gasteiger partial charge is 0.277 e. The van der Waals surface area contributed by atoms with Crippen LogP contribution >= 0.6 is 11.8 Å². The van der Waals surface area contributed by atoms with E-state index in [2.05, 4.69) is 5.32 Å². The molecule has 1 aliphatic rings. The highest BCUT2D eigenvalue weighted by atomic mass is 32.2. The van der Waals surface area contributed by atoms with Crippen LogP contribution in [0.3, 0.4) is 0 Å². The van der Waals surface area contributed by atoms with Gasteiger partial charge in [-0.25, -0.2) is 4.79 Å². The first-order valence-corrected chi connectivity index (χ1v) is 6.49. The first-order valence-electron chi connectivity index (χ1n) is 5.20. The number of amides is 4. The van der Waals surface area contributed by atoms with Gasteiger partial charge in [-0.2, -0.15) is 11.8 Å². The molecule has 1 saturated heterocycles. The summed E-state index contributed by atoms with van der Waals surface area (Å²) in [5, 5.41) is 2.38. The Balaban J connectivity index is 2.79. The number of imide groups is 2. The van der Waals surface area contributed by atoms with E-state index in [1.165, 1.54) is 0 Å². The lowest BCUT2D eigenvalue weighted by Crippen LogP contribution is -2.58. The number of hydrogen-bond donors (Lipinski definition) is 1. The van der Waals surface area contributed by atoms with Crippen molar-refractivity contribution >= 4 is 29.6 Å². The highest BCUT2D eigenvalue weighted by molar-refractivity contribution is 7.99. The van der Waals surface area contributed by atoms with Crippen LogP contribution in [0.25, 0.3) is 0 Å². The van der Waals surface area contributed by atoms with Gasteiger partial charge in [-0.15, -0.1) is 0 Å². The topological polar surface area (TPSA) is 66.5 Å². The van der Waals surface area contributed by atoms with Crippen LogP contribution in [0.4, 0.5) is 4.79 Å². The van der Waals surface area contributed by atoms with Gasteiger partial charge in [0.25, 0.3) is 0 Å². The molecule has 1 rings (SSSR count). The fourth-order valence-corrected chi connectivity index (χ4v) is 1.82. The van der Waals surface area contributed by atoms with Crippen molar-refractivity contribution < 1.29 is 14.4 Å². The van der Waals surface area contributed by atoms with E-state index in [1.807, 2.05) is 13.2 Å². The van der Waals surface area contributed by atoms with Crippen molar-refractivity contribution in [2.75, 3.05) is 12.8 Å². The van der Waals surface area contributed by atoms with Crippen LogP contribution in [0.2, 0.25) is 0 Å². The summed E-state index contributed by atoms with van der Waals surface area (Å²) in [6, 6.07) is -0.597. The molecule has 1 N–H and O–H groups in total. The molecule has 0 radical (unpaired) electrons. The molecule has 0 aromatic carbocycles. The lowest BCUT2D eigenvalue weighted by molar-refractivity contribution is -0.142. The SMILES string of the molecule is CCC1C(=O)NC(=O)N(CC(C)SC)C1=O. The third-order valence-corrected chi connectivity index (χ3v) is 3.56. The Hall–Kier alpha value is -1.04. The van der Waals surface area contributed by atoms with E-state index < -0.39 is 17.9 Å². The normalized spacial score (nSPS) is 23.3. The van der Waals surface area contributed by atoms with Gasteiger partial charge in [0.05, 0.1) is 0 Å². The Morgan fingerprint density at radius 3 is 2.56 bits per heavy atom. The molecule has 4 amide bonds. The van der Waals surface area contributed by atoms with E-state index >= 15 is 0 Å². The largest absolute Gasteiger partial charge is 0.330 e. The standard InChI is InChI=1S/C10H16N2O3S/c1-4-7-8(13)11-10(15)12(9(7)14)5-6(2)16-3/h6-7H,4-5H2,1-3H3,(H,11,13,15). The molecule has 0 aliphatic carbocycles. The zero-order valence-corrected chi connectivity index (χ0v) is 10.5. The Morgan fingerprint density at radius 1 is 1.44 bits per heavy atom. The predicted molar refractivity (Wildman–Crippen MR) is 62.0 cm³/mol. The maximum Gasteiger partial charge on any atom is 0.330 e. The van der Waals surface area contributed by atoms with Crippen LogP contribution < -0.4 is 5.32 Å². The highest BCUT2D eigenvalue weighted by Crippen LogP contribution is 2.16. The number of carbonyl (C=O) groups excluding carboxylic acids is 3. The molecule has 1 fully saturated rings. The van der Waals surface area contributed by atoms with Gasteiger partial charge in [0.1, 0.15) is 5.92 Å². The molecular weight excluding hydrogens is 228 g/mol. The average molecular weight is 244 g/mol. The van der Waals surface area contributed by atoms with E-state index in [0.29, 0.717) is 13.0 Å². The number of barbiturate groups is 1. The molecule has 90 valence electrons. The van der Waals surface area contributed by atoms with Crippen LogP contribution in [0.5, 0.6) is 0 Å². The van der Waals surface area contributed by atoms with Crippen LogP contribution in [0.1, 0.15) is 20.3 Å². The zero-order valence-electron chi connectivity index (χ0n) is 9.65. The van der Waals surface area contributed by atoms with Crippen molar-refractivity contribution in [3.63, 3.8) is 0 Å². The third kappa shape index (κ3) is 2.55. The van der Waals surface area contributed by atoms with E-state index in [0.717, 1.165) is 4.90 Å². The molecule has 2 unspecified atom stereocenters. The van der Waals surface area contributed by atoms with E-state index in [4.69, 9.17) is 0 Å². The predicted octanol–water partition coefficient (Wildman–Crippen LogP) is 0.842. The summed E-state index contributed by atoms with van der Waals surface area (Å²) < 4.78 is 0. The Bertz CT molecular complexity index is 319. The minimum atomic E-state index is -0.716. The molecule has 1 aliphatic heterocycles. The highest BCUT2D eigenvalue weighted by Gasteiger charge is 2.39. The van der Waals surface area contributed by atoms with Crippen molar-refractivity contribution in [2.45, 2.75) is 25.5 Å². The van der Waals surface area contributed by atoms with Gasteiger partial charge in [0.2, 0.25) is 11.8 Å². The maximum atomic E-state index is 11.9. The number of hydrogen-bond acceptors (Lipinski definition) is 4. The summed E-state index contributed by atoms with van der Waals surface area (Å²) in [6.45, 7) is 4.03. The summed E-state index contributed by atoms with van der Waals surface area (Å²) >= 11 is 1.57. The summed E-state index contributed by atoms with van der Waals surface area (Å²) in [7, 11) is 0. The van der Waals surface area contributed by atoms with Crippen molar-refractivity contribution in [3.05, 3.63) is 0 Å². The molecule has 1 heterocycles. The van der Waals surface area contributed by atoms with Gasteiger partial charge < -0.3 is 0 Å². The number of thioether (sulfide) groups is 1. The van der Waals surface area contributed by atoms with Gasteiger partial charge in [0, 0.05) is 11.8 Å². The fraction of sp³-hybridized carbons (Fsp3) is 0.700. The Labute approximate surface area is 98.9 Å². The first kappa shape index (κ1) is 13.0. The van der Waals surface area contributed by atoms with Gasteiger partial charge >= 0.3 is 6.03 Å². The molecular formula is C10H16N2O3S. The quantitative estimate of drug-likeness (QED) is 0.744. The number of carbonyl (C=O) groups is 3. The lowest BCUT2D eigenvalue weighted by atomic mass is 10.0. The molecule has 0 aromatic rings. The number of urea groups is 1. The van der Waals surface area contributed by atoms with Crippen molar-refractivity contribution in [3.8, 4) is 0 Å². The summed E-state index contributed by atoms with van der Waals surface area (Å²) in [5.74, 6) is -1.57. The monoisotopic (exact) mass is 244 g/mol. The average Bonchev–Trinajstić information content (AvgIpc) is 2.24. The van der Waals surface area contributed by atoms with Crippen LogP contribution in [-0.4, -0.2) is 40.8 Å². The first-order chi connectivity index (χ1) is 7.51. The zero-order chi connectivity index (χ0) is 12.3. The Kier molecular flexibility index (Phi) is 4.35. The summed E-state index contributed by atoms with van der Waals surface area (Å²) in [6.07, 6.45) is 2.33. The van der Waals surface area contributed by atoms with E-state index in [9.17, 15) is 14.4 Å². The van der Waals surface area contributed by atoms with Crippen LogP contribution in [0.15, 0.2) is 0 Å². The molecule has 6 heteroatoms. The van der Waals surface area contributed by atoms with Gasteiger partial charge in [-0.05, 0) is 12.7 Å². The van der Waals surface area contributed by atoms with Crippen LogP contribution in [-0.2, 0) is 9.59 Å². The molecule has 2 atom stereocenters. The molecule has 5 nitrogen and oxygen atoms in total. The van der Waals surface area contributed by atoms with Crippen molar-refractivity contribution in [1.82, 2.24) is 10.2 Å². The van der Waals surface area contributed by atoms with Crippen LogP contribution in [0, 0.1) is 5.92 Å². The van der Waals surface area contributed by atoms with Crippen molar-refractivity contribution in [1.29, 1.82) is 0 Å². The summed E-state index contributed by atoms with van der Waals surface area (Å²) in [4.78, 5) is 35.9. The fourth-order valence-electron chi connectivity index (χ4n) is 1.52. The second-order valence-electron chi connectivity index (χ2n) is 3.75. The molecule has 0 bridgehead atoms. The molecule has 0 aromatic heterocycles. The van der Waals surface area contributed by atoms with Gasteiger partial charge in [0.15, 0.2) is 0 Å². The number of nitrogens with zero attached hydrogens (tertiary/aromatic N) is 1. The van der Waals surface area contributed by atoms with Crippen molar-refractivity contribution in [2.24, 2.45) is 5.92 Å². The molecule has 0 saturated carbocycles. The Morgan fingerprint density at radius 2 is 2.06 bits per heavy atom. The van der Waals surface area contributed by atoms with E-state index in [-0.39, 0.29) is 11.2 Å². The number of rotatable bonds is 4. The molecule has 0 spiro atoms. The second kappa shape index (κ2) is 5.34. The summed E-state index contributed by atoms with van der Waals surface area (Å²) in [5.41, 5.74) is 0. The molecule has 16 heavy (non-hydrogen) atoms. The van der Waals surface area contributed by atoms with E-state index in [1.54, 1.807) is 18.7 Å². The lowest BCUT2D eigenvalue weighted by Gasteiger charge is -2.30. The van der Waals surface area contributed by atoms with Gasteiger partial charge in [-0.1, -0.05) is 13.8 Å². The number of nitrogens with one attached hydrogen (secondary N) is 1. The van der Waals surface area contributed by atoms with Gasteiger partial charge in [-0.3, -0.25) is 19.8 Å². The third-order valence-electron chi connectivity index (χ3n) is 2.61. The minimum absolute atomic E-state index is 0.167. The minimum Gasteiger partial charge on any atom is -0.277 e.